The van der Waals surface area contributed by atoms with E-state index in [0.29, 0.717) is 24.1 Å². The summed E-state index contributed by atoms with van der Waals surface area (Å²) < 4.78 is 5.11. The van der Waals surface area contributed by atoms with Crippen LogP contribution in [0, 0.1) is 5.92 Å². The third-order valence-corrected chi connectivity index (χ3v) is 3.51. The topological polar surface area (TPSA) is 76.1 Å². The van der Waals surface area contributed by atoms with E-state index >= 15 is 0 Å². The Morgan fingerprint density at radius 3 is 2.62 bits per heavy atom. The molecule has 6 heteroatoms. The molecule has 2 aromatic rings. The smallest absolute Gasteiger partial charge is 0.270 e. The Kier molecular flexibility index (Phi) is 6.54. The third kappa shape index (κ3) is 5.53. The predicted molar refractivity (Wildman–Crippen MR) is 94.1 cm³/mol. The highest BCUT2D eigenvalue weighted by Crippen LogP contribution is 2.11. The summed E-state index contributed by atoms with van der Waals surface area (Å²) in [5, 5.41) is 6.00. The molecular weight excluding hydrogens is 304 g/mol. The Labute approximate surface area is 142 Å². The number of aromatic nitrogens is 2. The second-order valence-electron chi connectivity index (χ2n) is 5.91. The van der Waals surface area contributed by atoms with Gasteiger partial charge in [0.05, 0.1) is 7.11 Å². The van der Waals surface area contributed by atoms with E-state index in [-0.39, 0.29) is 5.91 Å². The molecule has 1 heterocycles. The van der Waals surface area contributed by atoms with Crippen LogP contribution in [0.1, 0.15) is 36.3 Å². The molecule has 0 unspecified atom stereocenters. The van der Waals surface area contributed by atoms with E-state index in [2.05, 4.69) is 34.4 Å². The van der Waals surface area contributed by atoms with Crippen LogP contribution in [-0.4, -0.2) is 29.5 Å². The van der Waals surface area contributed by atoms with Crippen LogP contribution in [0.25, 0.3) is 0 Å². The van der Waals surface area contributed by atoms with Gasteiger partial charge in [0, 0.05) is 19.3 Å². The molecule has 24 heavy (non-hydrogen) atoms. The average Bonchev–Trinajstić information content (AvgIpc) is 2.60. The van der Waals surface area contributed by atoms with Crippen molar-refractivity contribution in [1.82, 2.24) is 15.3 Å². The van der Waals surface area contributed by atoms with Gasteiger partial charge in [0.1, 0.15) is 11.4 Å². The van der Waals surface area contributed by atoms with Crippen molar-refractivity contribution in [2.24, 2.45) is 5.92 Å². The number of hydrogen-bond donors (Lipinski definition) is 2. The molecule has 6 nitrogen and oxygen atoms in total. The van der Waals surface area contributed by atoms with Gasteiger partial charge in [-0.15, -0.1) is 0 Å². The number of nitrogens with one attached hydrogen (secondary N) is 2. The van der Waals surface area contributed by atoms with Gasteiger partial charge < -0.3 is 15.4 Å². The molecule has 0 fully saturated rings. The fourth-order valence-corrected chi connectivity index (χ4v) is 2.06. The molecule has 0 aliphatic carbocycles. The maximum Gasteiger partial charge on any atom is 0.270 e. The maximum atomic E-state index is 12.2. The van der Waals surface area contributed by atoms with Gasteiger partial charge in [0.25, 0.3) is 5.91 Å². The fraction of sp³-hybridized carbons (Fsp3) is 0.389. The van der Waals surface area contributed by atoms with E-state index in [4.69, 9.17) is 4.74 Å². The van der Waals surface area contributed by atoms with Crippen molar-refractivity contribution < 1.29 is 9.53 Å². The summed E-state index contributed by atoms with van der Waals surface area (Å²) in [6, 6.07) is 9.17. The molecule has 1 amide bonds. The minimum Gasteiger partial charge on any atom is -0.497 e. The van der Waals surface area contributed by atoms with E-state index in [1.54, 1.807) is 19.4 Å². The zero-order valence-corrected chi connectivity index (χ0v) is 14.4. The van der Waals surface area contributed by atoms with Gasteiger partial charge in [-0.25, -0.2) is 9.97 Å². The molecule has 2 N–H and O–H groups in total. The first kappa shape index (κ1) is 17.7. The Hall–Kier alpha value is -2.63. The van der Waals surface area contributed by atoms with Gasteiger partial charge in [-0.3, -0.25) is 4.79 Å². The van der Waals surface area contributed by atoms with Crippen LogP contribution in [0.3, 0.4) is 0 Å². The van der Waals surface area contributed by atoms with E-state index in [1.165, 1.54) is 0 Å². The van der Waals surface area contributed by atoms with Gasteiger partial charge in [0.15, 0.2) is 0 Å². The number of nitrogens with zero attached hydrogens (tertiary/aromatic N) is 2. The normalized spacial score (nSPS) is 10.5. The number of rotatable bonds is 8. The maximum absolute atomic E-state index is 12.2. The van der Waals surface area contributed by atoms with Gasteiger partial charge in [-0.2, -0.15) is 0 Å². The average molecular weight is 328 g/mol. The summed E-state index contributed by atoms with van der Waals surface area (Å²) >= 11 is 0. The highest BCUT2D eigenvalue weighted by Gasteiger charge is 2.08. The van der Waals surface area contributed by atoms with Crippen LogP contribution >= 0.6 is 0 Å². The number of carbonyl (C=O) groups is 1. The van der Waals surface area contributed by atoms with Crippen molar-refractivity contribution in [3.8, 4) is 5.75 Å². The van der Waals surface area contributed by atoms with Gasteiger partial charge in [0.2, 0.25) is 5.95 Å². The Morgan fingerprint density at radius 1 is 1.21 bits per heavy atom. The molecule has 2 rings (SSSR count). The molecule has 0 radical (unpaired) electrons. The van der Waals surface area contributed by atoms with E-state index in [1.807, 2.05) is 24.3 Å². The summed E-state index contributed by atoms with van der Waals surface area (Å²) in [4.78, 5) is 20.6. The van der Waals surface area contributed by atoms with Crippen LogP contribution in [0.5, 0.6) is 5.75 Å². The number of carbonyl (C=O) groups excluding carboxylic acids is 1. The quantitative estimate of drug-likeness (QED) is 0.779. The first-order valence-electron chi connectivity index (χ1n) is 8.06. The van der Waals surface area contributed by atoms with Crippen molar-refractivity contribution in [1.29, 1.82) is 0 Å². The van der Waals surface area contributed by atoms with Gasteiger partial charge in [-0.1, -0.05) is 26.0 Å². The first-order valence-corrected chi connectivity index (χ1v) is 8.06. The number of amides is 1. The number of ether oxygens (including phenoxy) is 1. The molecular formula is C18H24N4O2. The zero-order valence-electron chi connectivity index (χ0n) is 14.4. The minimum atomic E-state index is -0.222. The lowest BCUT2D eigenvalue weighted by atomic mass is 10.1. The highest BCUT2D eigenvalue weighted by molar-refractivity contribution is 5.92. The molecule has 0 atom stereocenters. The number of anilines is 1. The van der Waals surface area contributed by atoms with E-state index in [0.717, 1.165) is 24.3 Å². The molecule has 1 aromatic heterocycles. The molecule has 0 aliphatic rings. The van der Waals surface area contributed by atoms with Crippen molar-refractivity contribution >= 4 is 11.9 Å². The summed E-state index contributed by atoms with van der Waals surface area (Å²) in [7, 11) is 1.62. The SMILES string of the molecule is COc1ccc(CNC(=O)c2ccnc(NCCC(C)C)n2)cc1. The summed E-state index contributed by atoms with van der Waals surface area (Å²) in [6.45, 7) is 5.54. The van der Waals surface area contributed by atoms with Gasteiger partial charge in [-0.05, 0) is 36.1 Å². The molecule has 0 saturated heterocycles. The summed E-state index contributed by atoms with van der Waals surface area (Å²) in [5.41, 5.74) is 1.35. The van der Waals surface area contributed by atoms with Crippen molar-refractivity contribution in [3.63, 3.8) is 0 Å². The first-order chi connectivity index (χ1) is 11.6. The second-order valence-corrected chi connectivity index (χ2v) is 5.91. The lowest BCUT2D eigenvalue weighted by Gasteiger charge is -2.09. The van der Waals surface area contributed by atoms with Crippen molar-refractivity contribution in [2.45, 2.75) is 26.8 Å². The third-order valence-electron chi connectivity index (χ3n) is 3.51. The number of benzene rings is 1. The minimum absolute atomic E-state index is 0.222. The standard InChI is InChI=1S/C18H24N4O2/c1-13(2)8-10-19-18-20-11-9-16(22-18)17(23)21-12-14-4-6-15(24-3)7-5-14/h4-7,9,11,13H,8,10,12H2,1-3H3,(H,21,23)(H,19,20,22). The number of hydrogen-bond acceptors (Lipinski definition) is 5. The van der Waals surface area contributed by atoms with Crippen LogP contribution in [0.15, 0.2) is 36.5 Å². The van der Waals surface area contributed by atoms with E-state index < -0.39 is 0 Å². The number of methoxy groups -OCH3 is 1. The molecule has 0 bridgehead atoms. The highest BCUT2D eigenvalue weighted by atomic mass is 16.5. The largest absolute Gasteiger partial charge is 0.497 e. The monoisotopic (exact) mass is 328 g/mol. The van der Waals surface area contributed by atoms with Crippen LogP contribution in [0.4, 0.5) is 5.95 Å². The summed E-state index contributed by atoms with van der Waals surface area (Å²) in [5.74, 6) is 1.65. The molecule has 0 saturated carbocycles. The van der Waals surface area contributed by atoms with Crippen molar-refractivity contribution in [3.05, 3.63) is 47.8 Å². The zero-order chi connectivity index (χ0) is 17.4. The lowest BCUT2D eigenvalue weighted by molar-refractivity contribution is 0.0946. The molecule has 128 valence electrons. The Balaban J connectivity index is 1.89. The molecule has 0 aliphatic heterocycles. The molecule has 0 spiro atoms. The predicted octanol–water partition coefficient (Wildman–Crippen LogP) is 2.87. The Morgan fingerprint density at radius 2 is 1.96 bits per heavy atom. The van der Waals surface area contributed by atoms with Gasteiger partial charge >= 0.3 is 0 Å². The van der Waals surface area contributed by atoms with Crippen LogP contribution in [-0.2, 0) is 6.54 Å². The van der Waals surface area contributed by atoms with Crippen molar-refractivity contribution in [2.75, 3.05) is 19.0 Å². The fourth-order valence-electron chi connectivity index (χ4n) is 2.06. The second kappa shape index (κ2) is 8.86. The van der Waals surface area contributed by atoms with Crippen LogP contribution in [0.2, 0.25) is 0 Å². The lowest BCUT2D eigenvalue weighted by Crippen LogP contribution is -2.24. The van der Waals surface area contributed by atoms with Crippen LogP contribution < -0.4 is 15.4 Å². The summed E-state index contributed by atoms with van der Waals surface area (Å²) in [6.07, 6.45) is 2.62. The molecule has 1 aromatic carbocycles. The Bertz CT molecular complexity index is 656. The van der Waals surface area contributed by atoms with E-state index in [9.17, 15) is 4.79 Å².